The summed E-state index contributed by atoms with van der Waals surface area (Å²) in [6.07, 6.45) is 0. The number of amides is 2. The normalized spacial score (nSPS) is 13.0. The van der Waals surface area contributed by atoms with E-state index in [2.05, 4.69) is 29.2 Å². The minimum atomic E-state index is -0.699. The number of fused-ring (bicyclic) bond motifs is 2. The standard InChI is InChI=1S/C32H30N2O2/c1-32(2,3)34(30(35)24-16-8-5-9-17-24)31(36)29-25-18-10-12-20-27(25)33(22-23-14-6-4-7-15-23)28-21-13-11-19-26(28)29/h4-21,29H,22H2,1-3H3. The van der Waals surface area contributed by atoms with E-state index < -0.39 is 11.5 Å². The zero-order valence-corrected chi connectivity index (χ0v) is 20.9. The number of rotatable bonds is 4. The molecule has 4 heteroatoms. The number of anilines is 2. The molecule has 0 saturated carbocycles. The molecule has 4 aromatic rings. The average Bonchev–Trinajstić information content (AvgIpc) is 2.89. The Morgan fingerprint density at radius 2 is 1.17 bits per heavy atom. The number of imide groups is 1. The molecule has 5 rings (SSSR count). The Bertz CT molecular complexity index is 1340. The summed E-state index contributed by atoms with van der Waals surface area (Å²) in [5, 5.41) is 0. The Hall–Kier alpha value is -4.18. The van der Waals surface area contributed by atoms with Crippen molar-refractivity contribution in [1.29, 1.82) is 0 Å². The molecule has 1 heterocycles. The van der Waals surface area contributed by atoms with Gasteiger partial charge >= 0.3 is 0 Å². The summed E-state index contributed by atoms with van der Waals surface area (Å²) in [5.41, 5.74) is 4.78. The first-order valence-corrected chi connectivity index (χ1v) is 12.3. The van der Waals surface area contributed by atoms with Crippen LogP contribution in [0.3, 0.4) is 0 Å². The van der Waals surface area contributed by atoms with Gasteiger partial charge in [-0.1, -0.05) is 84.9 Å². The lowest BCUT2D eigenvalue weighted by atomic mass is 9.82. The van der Waals surface area contributed by atoms with Gasteiger partial charge in [-0.2, -0.15) is 0 Å². The van der Waals surface area contributed by atoms with Crippen molar-refractivity contribution in [3.8, 4) is 0 Å². The molecule has 4 aromatic carbocycles. The van der Waals surface area contributed by atoms with E-state index >= 15 is 0 Å². The lowest BCUT2D eigenvalue weighted by Crippen LogP contribution is -2.52. The fraction of sp³-hybridized carbons (Fsp3) is 0.188. The predicted octanol–water partition coefficient (Wildman–Crippen LogP) is 6.94. The van der Waals surface area contributed by atoms with Crippen LogP contribution >= 0.6 is 0 Å². The topological polar surface area (TPSA) is 40.6 Å². The van der Waals surface area contributed by atoms with E-state index in [-0.39, 0.29) is 11.8 Å². The molecule has 0 saturated heterocycles. The molecular formula is C32H30N2O2. The van der Waals surface area contributed by atoms with Crippen molar-refractivity contribution < 1.29 is 9.59 Å². The summed E-state index contributed by atoms with van der Waals surface area (Å²) in [6.45, 7) is 6.41. The van der Waals surface area contributed by atoms with Gasteiger partial charge in [0.1, 0.15) is 0 Å². The van der Waals surface area contributed by atoms with Crippen LogP contribution in [0.2, 0.25) is 0 Å². The van der Waals surface area contributed by atoms with Gasteiger partial charge in [0.2, 0.25) is 5.91 Å². The molecule has 180 valence electrons. The number of benzene rings is 4. The molecule has 0 N–H and O–H groups in total. The first-order valence-electron chi connectivity index (χ1n) is 12.3. The highest BCUT2D eigenvalue weighted by Gasteiger charge is 2.42. The van der Waals surface area contributed by atoms with Gasteiger partial charge in [0.05, 0.1) is 5.92 Å². The SMILES string of the molecule is CC(C)(C)N(C(=O)c1ccccc1)C(=O)C1c2ccccc2N(Cc2ccccc2)c2ccccc21. The third kappa shape index (κ3) is 4.31. The molecule has 0 aliphatic carbocycles. The van der Waals surface area contributed by atoms with Gasteiger partial charge < -0.3 is 4.90 Å². The van der Waals surface area contributed by atoms with Crippen LogP contribution < -0.4 is 4.90 Å². The highest BCUT2D eigenvalue weighted by atomic mass is 16.2. The number of carbonyl (C=O) groups excluding carboxylic acids is 2. The first kappa shape index (κ1) is 23.6. The van der Waals surface area contributed by atoms with Crippen LogP contribution in [0.1, 0.15) is 53.7 Å². The van der Waals surface area contributed by atoms with Crippen molar-refractivity contribution in [2.45, 2.75) is 38.8 Å². The maximum absolute atomic E-state index is 14.4. The summed E-state index contributed by atoms with van der Waals surface area (Å²) in [4.78, 5) is 31.8. The van der Waals surface area contributed by atoms with Crippen molar-refractivity contribution in [3.63, 3.8) is 0 Å². The monoisotopic (exact) mass is 474 g/mol. The fourth-order valence-electron chi connectivity index (χ4n) is 5.03. The molecule has 1 aliphatic heterocycles. The lowest BCUT2D eigenvalue weighted by Gasteiger charge is -2.41. The molecule has 4 nitrogen and oxygen atoms in total. The minimum Gasteiger partial charge on any atom is -0.336 e. The van der Waals surface area contributed by atoms with Crippen molar-refractivity contribution in [2.75, 3.05) is 4.90 Å². The van der Waals surface area contributed by atoms with Crippen molar-refractivity contribution in [2.24, 2.45) is 0 Å². The Labute approximate surface area is 212 Å². The molecule has 2 amide bonds. The molecule has 36 heavy (non-hydrogen) atoms. The molecule has 0 atom stereocenters. The molecule has 0 unspecified atom stereocenters. The van der Waals surface area contributed by atoms with E-state index in [1.165, 1.54) is 10.5 Å². The average molecular weight is 475 g/mol. The summed E-state index contributed by atoms with van der Waals surface area (Å²) < 4.78 is 0. The molecule has 0 radical (unpaired) electrons. The lowest BCUT2D eigenvalue weighted by molar-refractivity contribution is -0.133. The van der Waals surface area contributed by atoms with Crippen LogP contribution in [0.15, 0.2) is 109 Å². The van der Waals surface area contributed by atoms with Gasteiger partial charge in [-0.15, -0.1) is 0 Å². The molecule has 0 fully saturated rings. The maximum atomic E-state index is 14.4. The summed E-state index contributed by atoms with van der Waals surface area (Å²) in [6, 6.07) is 35.5. The number of carbonyl (C=O) groups is 2. The van der Waals surface area contributed by atoms with Gasteiger partial charge in [0, 0.05) is 29.0 Å². The summed E-state index contributed by atoms with van der Waals surface area (Å²) in [5.74, 6) is -1.08. The fourth-order valence-corrected chi connectivity index (χ4v) is 5.03. The Morgan fingerprint density at radius 3 is 1.69 bits per heavy atom. The Morgan fingerprint density at radius 1 is 0.694 bits per heavy atom. The van der Waals surface area contributed by atoms with Gasteiger partial charge in [0.15, 0.2) is 0 Å². The smallest absolute Gasteiger partial charge is 0.260 e. The minimum absolute atomic E-state index is 0.212. The molecule has 0 bridgehead atoms. The second-order valence-corrected chi connectivity index (χ2v) is 10.1. The highest BCUT2D eigenvalue weighted by molar-refractivity contribution is 6.09. The Balaban J connectivity index is 1.63. The Kier molecular flexibility index (Phi) is 6.19. The molecule has 0 aromatic heterocycles. The van der Waals surface area contributed by atoms with Gasteiger partial charge in [-0.3, -0.25) is 14.5 Å². The van der Waals surface area contributed by atoms with Gasteiger partial charge in [-0.05, 0) is 61.7 Å². The number of hydrogen-bond acceptors (Lipinski definition) is 3. The number of hydrogen-bond donors (Lipinski definition) is 0. The van der Waals surface area contributed by atoms with E-state index in [1.807, 2.05) is 93.6 Å². The van der Waals surface area contributed by atoms with Crippen LogP contribution in [0.25, 0.3) is 0 Å². The van der Waals surface area contributed by atoms with Crippen molar-refractivity contribution >= 4 is 23.2 Å². The number of nitrogens with zero attached hydrogens (tertiary/aromatic N) is 2. The quantitative estimate of drug-likeness (QED) is 0.301. The highest BCUT2D eigenvalue weighted by Crippen LogP contribution is 2.47. The van der Waals surface area contributed by atoms with E-state index in [1.54, 1.807) is 12.1 Å². The molecule has 0 spiro atoms. The van der Waals surface area contributed by atoms with Crippen molar-refractivity contribution in [1.82, 2.24) is 4.90 Å². The van der Waals surface area contributed by atoms with Crippen LogP contribution in [-0.2, 0) is 11.3 Å². The first-order chi connectivity index (χ1) is 17.4. The largest absolute Gasteiger partial charge is 0.336 e. The van der Waals surface area contributed by atoms with E-state index in [9.17, 15) is 9.59 Å². The van der Waals surface area contributed by atoms with E-state index in [0.29, 0.717) is 12.1 Å². The maximum Gasteiger partial charge on any atom is 0.260 e. The van der Waals surface area contributed by atoms with Crippen LogP contribution in [0.5, 0.6) is 0 Å². The second-order valence-electron chi connectivity index (χ2n) is 10.1. The van der Waals surface area contributed by atoms with E-state index in [0.717, 1.165) is 22.5 Å². The van der Waals surface area contributed by atoms with Crippen LogP contribution in [0, 0.1) is 0 Å². The molecule has 1 aliphatic rings. The van der Waals surface area contributed by atoms with Crippen LogP contribution in [-0.4, -0.2) is 22.3 Å². The number of para-hydroxylation sites is 2. The zero-order valence-electron chi connectivity index (χ0n) is 20.9. The van der Waals surface area contributed by atoms with Gasteiger partial charge in [0.25, 0.3) is 5.91 Å². The molecular weight excluding hydrogens is 444 g/mol. The van der Waals surface area contributed by atoms with Gasteiger partial charge in [-0.25, -0.2) is 0 Å². The third-order valence-electron chi connectivity index (χ3n) is 6.62. The van der Waals surface area contributed by atoms with E-state index in [4.69, 9.17) is 0 Å². The van der Waals surface area contributed by atoms with Crippen LogP contribution in [0.4, 0.5) is 11.4 Å². The summed E-state index contributed by atoms with van der Waals surface area (Å²) in [7, 11) is 0. The summed E-state index contributed by atoms with van der Waals surface area (Å²) >= 11 is 0. The second kappa shape index (κ2) is 9.46. The zero-order chi connectivity index (χ0) is 25.3. The third-order valence-corrected chi connectivity index (χ3v) is 6.62. The predicted molar refractivity (Wildman–Crippen MR) is 144 cm³/mol. The van der Waals surface area contributed by atoms with Crippen molar-refractivity contribution in [3.05, 3.63) is 131 Å².